The zero-order valence-corrected chi connectivity index (χ0v) is 16.7. The molecule has 0 atom stereocenters. The third-order valence-corrected chi connectivity index (χ3v) is 5.76. The van der Waals surface area contributed by atoms with Gasteiger partial charge in [0.15, 0.2) is 0 Å². The number of nitrogens with zero attached hydrogens (tertiary/aromatic N) is 2. The van der Waals surface area contributed by atoms with Gasteiger partial charge in [-0.3, -0.25) is 9.59 Å². The number of anilines is 1. The summed E-state index contributed by atoms with van der Waals surface area (Å²) >= 11 is 2.86. The van der Waals surface area contributed by atoms with Crippen molar-refractivity contribution in [2.45, 2.75) is 18.4 Å². The van der Waals surface area contributed by atoms with E-state index < -0.39 is 0 Å². The third-order valence-electron chi connectivity index (χ3n) is 3.85. The van der Waals surface area contributed by atoms with E-state index in [1.54, 1.807) is 18.7 Å². The Balaban J connectivity index is 1.96. The zero-order chi connectivity index (χ0) is 18.8. The number of aromatic nitrogens is 2. The third kappa shape index (κ3) is 3.82. The largest absolute Gasteiger partial charge is 0.321 e. The molecule has 1 amide bonds. The number of aryl methyl sites for hydroxylation is 1. The normalized spacial score (nSPS) is 11.3. The lowest BCUT2D eigenvalue weighted by atomic mass is 10.2. The van der Waals surface area contributed by atoms with Crippen molar-refractivity contribution in [2.24, 2.45) is 0 Å². The van der Waals surface area contributed by atoms with Gasteiger partial charge in [0.05, 0.1) is 16.8 Å². The zero-order valence-electron chi connectivity index (χ0n) is 15.0. The van der Waals surface area contributed by atoms with Crippen molar-refractivity contribution in [3.63, 3.8) is 0 Å². The molecular formula is C18H20N4O2S2. The molecule has 2 N–H and O–H groups in total. The summed E-state index contributed by atoms with van der Waals surface area (Å²) in [6.07, 6.45) is 1.99. The first-order chi connectivity index (χ1) is 12.4. The van der Waals surface area contributed by atoms with Crippen molar-refractivity contribution in [1.82, 2.24) is 14.9 Å². The first kappa shape index (κ1) is 18.6. The Labute approximate surface area is 159 Å². The molecule has 0 bridgehead atoms. The highest BCUT2D eigenvalue weighted by molar-refractivity contribution is 7.98. The van der Waals surface area contributed by atoms with Crippen molar-refractivity contribution in [2.75, 3.05) is 25.7 Å². The van der Waals surface area contributed by atoms with Gasteiger partial charge in [0.2, 0.25) is 0 Å². The average Bonchev–Trinajstić information content (AvgIpc) is 2.91. The minimum atomic E-state index is -0.225. The van der Waals surface area contributed by atoms with Gasteiger partial charge < -0.3 is 15.2 Å². The highest BCUT2D eigenvalue weighted by Crippen LogP contribution is 2.28. The molecule has 0 unspecified atom stereocenters. The molecule has 6 nitrogen and oxygen atoms in total. The highest BCUT2D eigenvalue weighted by atomic mass is 32.2. The number of amides is 1. The van der Waals surface area contributed by atoms with Crippen LogP contribution >= 0.6 is 23.1 Å². The Hall–Kier alpha value is -2.16. The van der Waals surface area contributed by atoms with E-state index in [9.17, 15) is 9.59 Å². The highest BCUT2D eigenvalue weighted by Gasteiger charge is 2.19. The summed E-state index contributed by atoms with van der Waals surface area (Å²) in [7, 11) is 3.82. The fraction of sp³-hybridized carbons (Fsp3) is 0.278. The van der Waals surface area contributed by atoms with Crippen LogP contribution in [-0.2, 0) is 6.54 Å². The minimum absolute atomic E-state index is 0.205. The summed E-state index contributed by atoms with van der Waals surface area (Å²) < 4.78 is 0. The summed E-state index contributed by atoms with van der Waals surface area (Å²) in [5.74, 6) is 0.366. The molecule has 0 aliphatic heterocycles. The number of aromatic amines is 1. The number of thiophene rings is 1. The van der Waals surface area contributed by atoms with Gasteiger partial charge >= 0.3 is 0 Å². The average molecular weight is 389 g/mol. The van der Waals surface area contributed by atoms with Crippen LogP contribution < -0.4 is 10.9 Å². The molecule has 0 fully saturated rings. The molecular weight excluding hydrogens is 368 g/mol. The predicted molar refractivity (Wildman–Crippen MR) is 109 cm³/mol. The van der Waals surface area contributed by atoms with Crippen LogP contribution in [0.4, 0.5) is 5.69 Å². The Morgan fingerprint density at radius 2 is 2.15 bits per heavy atom. The predicted octanol–water partition coefficient (Wildman–Crippen LogP) is 3.33. The molecule has 0 aliphatic carbocycles. The minimum Gasteiger partial charge on any atom is -0.321 e. The van der Waals surface area contributed by atoms with Gasteiger partial charge in [-0.15, -0.1) is 23.1 Å². The summed E-state index contributed by atoms with van der Waals surface area (Å²) in [6, 6.07) is 7.66. The fourth-order valence-electron chi connectivity index (χ4n) is 2.67. The van der Waals surface area contributed by atoms with Crippen LogP contribution in [0.1, 0.15) is 21.1 Å². The van der Waals surface area contributed by atoms with Crippen LogP contribution in [0.15, 0.2) is 34.0 Å². The SMILES string of the molecule is CSc1cccc(NC(=O)c2sc3nc(CN(C)C)[nH]c(=O)c3c2C)c1. The van der Waals surface area contributed by atoms with Crippen molar-refractivity contribution in [1.29, 1.82) is 0 Å². The topological polar surface area (TPSA) is 78.1 Å². The van der Waals surface area contributed by atoms with E-state index in [0.717, 1.165) is 10.6 Å². The van der Waals surface area contributed by atoms with Gasteiger partial charge in [0.25, 0.3) is 11.5 Å². The second kappa shape index (κ2) is 7.61. The van der Waals surface area contributed by atoms with Crippen molar-refractivity contribution >= 4 is 44.9 Å². The molecule has 0 spiro atoms. The molecule has 0 saturated carbocycles. The quantitative estimate of drug-likeness (QED) is 0.656. The summed E-state index contributed by atoms with van der Waals surface area (Å²) in [6.45, 7) is 2.32. The van der Waals surface area contributed by atoms with Gasteiger partial charge in [0, 0.05) is 10.6 Å². The Bertz CT molecular complexity index is 1020. The van der Waals surface area contributed by atoms with Gasteiger partial charge in [-0.25, -0.2) is 4.98 Å². The number of hydrogen-bond donors (Lipinski definition) is 2. The van der Waals surface area contributed by atoms with Gasteiger partial charge in [-0.2, -0.15) is 0 Å². The number of carbonyl (C=O) groups is 1. The number of nitrogens with one attached hydrogen (secondary N) is 2. The van der Waals surface area contributed by atoms with E-state index in [0.29, 0.717) is 33.0 Å². The fourth-order valence-corrected chi connectivity index (χ4v) is 4.22. The molecule has 136 valence electrons. The number of hydrogen-bond acceptors (Lipinski definition) is 6. The summed E-state index contributed by atoms with van der Waals surface area (Å²) in [4.78, 5) is 36.6. The molecule has 2 aromatic heterocycles. The van der Waals surface area contributed by atoms with E-state index in [1.165, 1.54) is 11.3 Å². The Morgan fingerprint density at radius 3 is 2.85 bits per heavy atom. The lowest BCUT2D eigenvalue weighted by molar-refractivity contribution is 0.103. The summed E-state index contributed by atoms with van der Waals surface area (Å²) in [5.41, 5.74) is 1.19. The van der Waals surface area contributed by atoms with E-state index in [-0.39, 0.29) is 11.5 Å². The molecule has 0 aliphatic rings. The molecule has 0 saturated heterocycles. The van der Waals surface area contributed by atoms with E-state index >= 15 is 0 Å². The number of rotatable bonds is 5. The lowest BCUT2D eigenvalue weighted by Gasteiger charge is -2.07. The molecule has 0 radical (unpaired) electrons. The maximum absolute atomic E-state index is 12.7. The number of carbonyl (C=O) groups excluding carboxylic acids is 1. The van der Waals surface area contributed by atoms with Crippen molar-refractivity contribution in [3.8, 4) is 0 Å². The Kier molecular flexibility index (Phi) is 5.45. The molecule has 2 heterocycles. The van der Waals surface area contributed by atoms with E-state index in [4.69, 9.17) is 0 Å². The standard InChI is InChI=1S/C18H20N4O2S2/c1-10-14-16(23)20-13(9-22(2)3)21-18(14)26-15(10)17(24)19-11-6-5-7-12(8-11)25-4/h5-8H,9H2,1-4H3,(H,19,24)(H,20,21,23). The molecule has 3 aromatic rings. The molecule has 1 aromatic carbocycles. The van der Waals surface area contributed by atoms with E-state index in [2.05, 4.69) is 15.3 Å². The van der Waals surface area contributed by atoms with Gasteiger partial charge in [-0.05, 0) is 51.0 Å². The maximum Gasteiger partial charge on any atom is 0.266 e. The van der Waals surface area contributed by atoms with Crippen LogP contribution in [0.25, 0.3) is 10.2 Å². The van der Waals surface area contributed by atoms with Crippen LogP contribution in [0, 0.1) is 6.92 Å². The Morgan fingerprint density at radius 1 is 1.38 bits per heavy atom. The molecule has 26 heavy (non-hydrogen) atoms. The summed E-state index contributed by atoms with van der Waals surface area (Å²) in [5, 5.41) is 3.40. The van der Waals surface area contributed by atoms with Crippen LogP contribution in [-0.4, -0.2) is 41.1 Å². The molecule has 8 heteroatoms. The first-order valence-corrected chi connectivity index (χ1v) is 10.1. The second-order valence-corrected chi connectivity index (χ2v) is 8.05. The number of thioether (sulfide) groups is 1. The van der Waals surface area contributed by atoms with Crippen molar-refractivity contribution < 1.29 is 4.79 Å². The first-order valence-electron chi connectivity index (χ1n) is 8.01. The smallest absolute Gasteiger partial charge is 0.266 e. The monoisotopic (exact) mass is 388 g/mol. The van der Waals surface area contributed by atoms with Crippen LogP contribution in [0.3, 0.4) is 0 Å². The second-order valence-electron chi connectivity index (χ2n) is 6.17. The number of H-pyrrole nitrogens is 1. The number of benzene rings is 1. The van der Waals surface area contributed by atoms with Crippen LogP contribution in [0.2, 0.25) is 0 Å². The van der Waals surface area contributed by atoms with Crippen LogP contribution in [0.5, 0.6) is 0 Å². The maximum atomic E-state index is 12.7. The molecule has 3 rings (SSSR count). The number of fused-ring (bicyclic) bond motifs is 1. The van der Waals surface area contributed by atoms with Gasteiger partial charge in [-0.1, -0.05) is 6.07 Å². The van der Waals surface area contributed by atoms with Crippen molar-refractivity contribution in [3.05, 3.63) is 50.9 Å². The van der Waals surface area contributed by atoms with E-state index in [1.807, 2.05) is 49.5 Å². The van der Waals surface area contributed by atoms with Gasteiger partial charge in [0.1, 0.15) is 10.7 Å². The lowest BCUT2D eigenvalue weighted by Crippen LogP contribution is -2.18.